The summed E-state index contributed by atoms with van der Waals surface area (Å²) in [6.07, 6.45) is 0. The minimum absolute atomic E-state index is 0.603. The summed E-state index contributed by atoms with van der Waals surface area (Å²) in [6, 6.07) is 56.9. The van der Waals surface area contributed by atoms with Gasteiger partial charge in [-0.05, 0) is 58.7 Å². The number of nitrogens with zero attached hydrogens (tertiary/aromatic N) is 3. The monoisotopic (exact) mass is 657 g/mol. The molecule has 10 rings (SSSR count). The van der Waals surface area contributed by atoms with Gasteiger partial charge in [-0.1, -0.05) is 127 Å². The molecule has 0 bridgehead atoms. The zero-order valence-electron chi connectivity index (χ0n) is 26.7. The molecule has 0 saturated carbocycles. The second-order valence-corrected chi connectivity index (χ2v) is 13.5. The first kappa shape index (κ1) is 28.6. The van der Waals surface area contributed by atoms with Crippen molar-refractivity contribution < 1.29 is 4.42 Å². The van der Waals surface area contributed by atoms with E-state index in [9.17, 15) is 0 Å². The lowest BCUT2D eigenvalue weighted by Crippen LogP contribution is -2.00. The Morgan fingerprint density at radius 3 is 1.74 bits per heavy atom. The third-order valence-corrected chi connectivity index (χ3v) is 10.6. The fourth-order valence-corrected chi connectivity index (χ4v) is 8.11. The maximum atomic E-state index is 6.44. The van der Waals surface area contributed by atoms with Crippen LogP contribution in [0.4, 0.5) is 0 Å². The molecule has 234 valence electrons. The Balaban J connectivity index is 1.05. The van der Waals surface area contributed by atoms with Gasteiger partial charge >= 0.3 is 0 Å². The number of hydrogen-bond acceptors (Lipinski definition) is 5. The van der Waals surface area contributed by atoms with E-state index in [2.05, 4.69) is 97.1 Å². The van der Waals surface area contributed by atoms with E-state index in [0.29, 0.717) is 17.5 Å². The van der Waals surface area contributed by atoms with Crippen molar-refractivity contribution in [3.05, 3.63) is 164 Å². The third kappa shape index (κ3) is 4.87. The standard InChI is InChI=1S/C45H27N3OS/c1-3-11-28(12-4-1)43-46-44(29-13-5-2-6-14-29)48-45(47-43)33-21-23-35-38-26-31(22-24-39(38)49-40(35)27-33)30-15-9-16-32(25-30)34-18-10-19-37-36-17-7-8-20-41(36)50-42(34)37/h1-27H. The van der Waals surface area contributed by atoms with Crippen molar-refractivity contribution in [2.45, 2.75) is 0 Å². The van der Waals surface area contributed by atoms with Crippen LogP contribution in [0.5, 0.6) is 0 Å². The van der Waals surface area contributed by atoms with Gasteiger partial charge in [-0.15, -0.1) is 11.3 Å². The highest BCUT2D eigenvalue weighted by atomic mass is 32.1. The molecule has 0 aliphatic heterocycles. The Labute approximate surface area is 292 Å². The Morgan fingerprint density at radius 2 is 0.960 bits per heavy atom. The van der Waals surface area contributed by atoms with Crippen LogP contribution < -0.4 is 0 Å². The molecule has 7 aromatic carbocycles. The van der Waals surface area contributed by atoms with Crippen molar-refractivity contribution in [3.63, 3.8) is 0 Å². The van der Waals surface area contributed by atoms with Crippen LogP contribution in [0.15, 0.2) is 168 Å². The van der Waals surface area contributed by atoms with Gasteiger partial charge in [0.2, 0.25) is 0 Å². The third-order valence-electron chi connectivity index (χ3n) is 9.34. The van der Waals surface area contributed by atoms with E-state index in [1.165, 1.54) is 36.9 Å². The minimum Gasteiger partial charge on any atom is -0.456 e. The molecule has 0 spiro atoms. The highest BCUT2D eigenvalue weighted by Gasteiger charge is 2.16. The van der Waals surface area contributed by atoms with Crippen LogP contribution in [0, 0.1) is 0 Å². The van der Waals surface area contributed by atoms with E-state index in [4.69, 9.17) is 19.4 Å². The number of furan rings is 1. The molecule has 10 aromatic rings. The van der Waals surface area contributed by atoms with E-state index in [1.807, 2.05) is 78.1 Å². The number of rotatable bonds is 5. The van der Waals surface area contributed by atoms with E-state index in [-0.39, 0.29) is 0 Å². The lowest BCUT2D eigenvalue weighted by molar-refractivity contribution is 0.669. The number of fused-ring (bicyclic) bond motifs is 6. The van der Waals surface area contributed by atoms with E-state index in [0.717, 1.165) is 44.2 Å². The molecular formula is C45H27N3OS. The average Bonchev–Trinajstić information content (AvgIpc) is 3.76. The van der Waals surface area contributed by atoms with Gasteiger partial charge in [0.25, 0.3) is 0 Å². The molecule has 0 aliphatic rings. The maximum absolute atomic E-state index is 6.44. The fraction of sp³-hybridized carbons (Fsp3) is 0. The molecule has 3 heterocycles. The summed E-state index contributed by atoms with van der Waals surface area (Å²) in [5, 5.41) is 4.75. The van der Waals surface area contributed by atoms with Gasteiger partial charge in [0.05, 0.1) is 0 Å². The highest BCUT2D eigenvalue weighted by Crippen LogP contribution is 2.41. The van der Waals surface area contributed by atoms with Crippen LogP contribution in [0.2, 0.25) is 0 Å². The summed E-state index contributed by atoms with van der Waals surface area (Å²) in [7, 11) is 0. The zero-order valence-corrected chi connectivity index (χ0v) is 27.6. The van der Waals surface area contributed by atoms with Crippen molar-refractivity contribution >= 4 is 53.4 Å². The average molecular weight is 658 g/mol. The molecule has 3 aromatic heterocycles. The van der Waals surface area contributed by atoms with Gasteiger partial charge < -0.3 is 4.42 Å². The van der Waals surface area contributed by atoms with Gasteiger partial charge in [0, 0.05) is 47.6 Å². The van der Waals surface area contributed by atoms with Crippen LogP contribution in [0.1, 0.15) is 0 Å². The van der Waals surface area contributed by atoms with Crippen LogP contribution in [-0.2, 0) is 0 Å². The SMILES string of the molecule is c1ccc(-c2nc(-c3ccccc3)nc(-c3ccc4c(c3)oc3ccc(-c5cccc(-c6cccc7c6sc6ccccc67)c5)cc34)n2)cc1. The molecule has 0 N–H and O–H groups in total. The molecule has 0 radical (unpaired) electrons. The predicted octanol–water partition coefficient (Wildman–Crippen LogP) is 12.5. The Kier molecular flexibility index (Phi) is 6.64. The van der Waals surface area contributed by atoms with Crippen molar-refractivity contribution in [3.8, 4) is 56.4 Å². The van der Waals surface area contributed by atoms with Gasteiger partial charge in [-0.3, -0.25) is 0 Å². The van der Waals surface area contributed by atoms with Crippen molar-refractivity contribution in [1.29, 1.82) is 0 Å². The van der Waals surface area contributed by atoms with Crippen molar-refractivity contribution in [2.24, 2.45) is 0 Å². The van der Waals surface area contributed by atoms with E-state index >= 15 is 0 Å². The molecule has 0 fully saturated rings. The van der Waals surface area contributed by atoms with Gasteiger partial charge in [-0.2, -0.15) is 0 Å². The maximum Gasteiger partial charge on any atom is 0.164 e. The van der Waals surface area contributed by atoms with Gasteiger partial charge in [-0.25, -0.2) is 15.0 Å². The Bertz CT molecular complexity index is 2820. The summed E-state index contributed by atoms with van der Waals surface area (Å²) in [5.74, 6) is 1.87. The fourth-order valence-electron chi connectivity index (χ4n) is 6.87. The molecule has 0 saturated heterocycles. The van der Waals surface area contributed by atoms with Gasteiger partial charge in [0.1, 0.15) is 11.2 Å². The first-order chi connectivity index (χ1) is 24.7. The number of benzene rings is 7. The molecule has 0 unspecified atom stereocenters. The highest BCUT2D eigenvalue weighted by molar-refractivity contribution is 7.26. The number of thiophene rings is 1. The topological polar surface area (TPSA) is 51.8 Å². The van der Waals surface area contributed by atoms with Crippen molar-refractivity contribution in [2.75, 3.05) is 0 Å². The molecule has 0 atom stereocenters. The minimum atomic E-state index is 0.603. The molecule has 0 aliphatic carbocycles. The van der Waals surface area contributed by atoms with E-state index in [1.54, 1.807) is 0 Å². The second kappa shape index (κ2) is 11.6. The summed E-state index contributed by atoms with van der Waals surface area (Å²) in [4.78, 5) is 14.7. The first-order valence-corrected chi connectivity index (χ1v) is 17.4. The second-order valence-electron chi connectivity index (χ2n) is 12.4. The predicted molar refractivity (Wildman–Crippen MR) is 207 cm³/mol. The molecular weight excluding hydrogens is 631 g/mol. The van der Waals surface area contributed by atoms with Gasteiger partial charge in [0.15, 0.2) is 17.5 Å². The lowest BCUT2D eigenvalue weighted by Gasteiger charge is -2.08. The smallest absolute Gasteiger partial charge is 0.164 e. The normalized spacial score (nSPS) is 11.6. The van der Waals surface area contributed by atoms with E-state index < -0.39 is 0 Å². The Morgan fingerprint density at radius 1 is 0.360 bits per heavy atom. The van der Waals surface area contributed by atoms with Crippen LogP contribution in [-0.4, -0.2) is 15.0 Å². The number of aromatic nitrogens is 3. The number of hydrogen-bond donors (Lipinski definition) is 0. The molecule has 5 heteroatoms. The summed E-state index contributed by atoms with van der Waals surface area (Å²) < 4.78 is 9.07. The van der Waals surface area contributed by atoms with Crippen LogP contribution in [0.3, 0.4) is 0 Å². The van der Waals surface area contributed by atoms with Crippen LogP contribution >= 0.6 is 11.3 Å². The summed E-state index contributed by atoms with van der Waals surface area (Å²) in [6.45, 7) is 0. The molecule has 0 amide bonds. The van der Waals surface area contributed by atoms with Crippen LogP contribution in [0.25, 0.3) is 98.5 Å². The zero-order chi connectivity index (χ0) is 33.0. The molecule has 50 heavy (non-hydrogen) atoms. The summed E-state index contributed by atoms with van der Waals surface area (Å²) >= 11 is 1.86. The van der Waals surface area contributed by atoms with Crippen molar-refractivity contribution in [1.82, 2.24) is 15.0 Å². The Hall–Kier alpha value is -6.43. The first-order valence-electron chi connectivity index (χ1n) is 16.6. The lowest BCUT2D eigenvalue weighted by atomic mass is 9.97. The largest absolute Gasteiger partial charge is 0.456 e. The summed E-state index contributed by atoms with van der Waals surface area (Å²) in [5.41, 5.74) is 9.18. The quantitative estimate of drug-likeness (QED) is 0.185. The molecule has 4 nitrogen and oxygen atoms in total.